The molecule has 1 saturated heterocycles. The van der Waals surface area contributed by atoms with Crippen molar-refractivity contribution in [3.63, 3.8) is 0 Å². The molecular weight excluding hydrogens is 462 g/mol. The summed E-state index contributed by atoms with van der Waals surface area (Å²) in [6, 6.07) is 12.3. The lowest BCUT2D eigenvalue weighted by Gasteiger charge is -2.24. The summed E-state index contributed by atoms with van der Waals surface area (Å²) in [5, 5.41) is 5.12. The van der Waals surface area contributed by atoms with Gasteiger partial charge in [-0.25, -0.2) is 4.79 Å². The van der Waals surface area contributed by atoms with Crippen molar-refractivity contribution in [3.8, 4) is 5.75 Å². The summed E-state index contributed by atoms with van der Waals surface area (Å²) >= 11 is 0. The molecule has 0 bridgehead atoms. The van der Waals surface area contributed by atoms with Crippen molar-refractivity contribution in [2.45, 2.75) is 71.4 Å². The number of fused-ring (bicyclic) bond motifs is 1. The second-order valence-corrected chi connectivity index (χ2v) is 10.00. The highest BCUT2D eigenvalue weighted by molar-refractivity contribution is 6.04. The molecule has 0 aliphatic carbocycles. The normalized spacial score (nSPS) is 17.8. The zero-order chi connectivity index (χ0) is 25.9. The first kappa shape index (κ1) is 25.2. The second-order valence-electron chi connectivity index (χ2n) is 10.00. The zero-order valence-corrected chi connectivity index (χ0v) is 20.8. The van der Waals surface area contributed by atoms with E-state index in [1.807, 2.05) is 45.0 Å². The first-order valence-electron chi connectivity index (χ1n) is 12.0. The number of benzene rings is 2. The van der Waals surface area contributed by atoms with Gasteiger partial charge in [0.05, 0.1) is 6.54 Å². The molecule has 2 aliphatic rings. The standard InChI is InChI=1S/C27H31N3O6/c1-27(2,3)36-26(34)28-14-17-7-4-8-18(13-17)16-35-22-11-5-9-19-20(22)15-30(25(19)33)21-10-6-12-23(31)29-24(21)32/h4-5,7-9,11,13,21H,6,10,12,14-16H2,1-3H3,(H,28,34)(H,29,31,32). The molecule has 1 fully saturated rings. The quantitative estimate of drug-likeness (QED) is 0.596. The minimum Gasteiger partial charge on any atom is -0.489 e. The summed E-state index contributed by atoms with van der Waals surface area (Å²) in [5.41, 5.74) is 2.47. The van der Waals surface area contributed by atoms with E-state index >= 15 is 0 Å². The average molecular weight is 494 g/mol. The van der Waals surface area contributed by atoms with Gasteiger partial charge in [-0.15, -0.1) is 0 Å². The molecule has 2 N–H and O–H groups in total. The van der Waals surface area contributed by atoms with Gasteiger partial charge in [0.1, 0.15) is 24.0 Å². The summed E-state index contributed by atoms with van der Waals surface area (Å²) in [6.07, 6.45) is 0.783. The number of amides is 4. The first-order chi connectivity index (χ1) is 17.1. The monoisotopic (exact) mass is 493 g/mol. The van der Waals surface area contributed by atoms with E-state index in [0.717, 1.165) is 16.7 Å². The molecule has 0 saturated carbocycles. The minimum absolute atomic E-state index is 0.236. The molecule has 4 rings (SSSR count). The van der Waals surface area contributed by atoms with Crippen molar-refractivity contribution in [2.75, 3.05) is 0 Å². The predicted octanol–water partition coefficient (Wildman–Crippen LogP) is 3.44. The van der Waals surface area contributed by atoms with Gasteiger partial charge < -0.3 is 19.7 Å². The van der Waals surface area contributed by atoms with Gasteiger partial charge in [0, 0.05) is 24.1 Å². The number of nitrogens with one attached hydrogen (secondary N) is 2. The Hall–Kier alpha value is -3.88. The topological polar surface area (TPSA) is 114 Å². The minimum atomic E-state index is -0.682. The molecule has 9 heteroatoms. The third kappa shape index (κ3) is 6.02. The largest absolute Gasteiger partial charge is 0.489 e. The second kappa shape index (κ2) is 10.4. The summed E-state index contributed by atoms with van der Waals surface area (Å²) in [4.78, 5) is 50.7. The van der Waals surface area contributed by atoms with E-state index in [0.29, 0.717) is 30.7 Å². The molecule has 9 nitrogen and oxygen atoms in total. The van der Waals surface area contributed by atoms with Crippen molar-refractivity contribution in [1.82, 2.24) is 15.5 Å². The molecule has 0 aromatic heterocycles. The van der Waals surface area contributed by atoms with Crippen LogP contribution >= 0.6 is 0 Å². The zero-order valence-electron chi connectivity index (χ0n) is 20.8. The Labute approximate surface area is 210 Å². The summed E-state index contributed by atoms with van der Waals surface area (Å²) in [6.45, 7) is 6.26. The number of hydrogen-bond acceptors (Lipinski definition) is 6. The van der Waals surface area contributed by atoms with E-state index in [-0.39, 0.29) is 31.4 Å². The number of nitrogens with zero attached hydrogens (tertiary/aromatic N) is 1. The van der Waals surface area contributed by atoms with Gasteiger partial charge in [0.15, 0.2) is 0 Å². The van der Waals surface area contributed by atoms with Crippen molar-refractivity contribution in [1.29, 1.82) is 0 Å². The number of ether oxygens (including phenoxy) is 2. The number of carbonyl (C=O) groups excluding carboxylic acids is 4. The van der Waals surface area contributed by atoms with Crippen LogP contribution in [0.3, 0.4) is 0 Å². The highest BCUT2D eigenvalue weighted by Gasteiger charge is 2.39. The Morgan fingerprint density at radius 1 is 1.11 bits per heavy atom. The third-order valence-electron chi connectivity index (χ3n) is 6.00. The predicted molar refractivity (Wildman–Crippen MR) is 131 cm³/mol. The van der Waals surface area contributed by atoms with Crippen LogP contribution in [0.2, 0.25) is 0 Å². The van der Waals surface area contributed by atoms with Crippen molar-refractivity contribution < 1.29 is 28.7 Å². The molecular formula is C27H31N3O6. The first-order valence-corrected chi connectivity index (χ1v) is 12.0. The van der Waals surface area contributed by atoms with Crippen LogP contribution in [0.5, 0.6) is 5.75 Å². The summed E-state index contributed by atoms with van der Waals surface area (Å²) in [7, 11) is 0. The summed E-state index contributed by atoms with van der Waals surface area (Å²) in [5.74, 6) is -0.400. The van der Waals surface area contributed by atoms with Crippen LogP contribution in [-0.2, 0) is 34.0 Å². The summed E-state index contributed by atoms with van der Waals surface area (Å²) < 4.78 is 11.4. The molecule has 2 heterocycles. The maximum Gasteiger partial charge on any atom is 0.407 e. The SMILES string of the molecule is CC(C)(C)OC(=O)NCc1cccc(COc2cccc3c2CN(C2CCCC(=O)NC2=O)C3=O)c1. The molecule has 36 heavy (non-hydrogen) atoms. The van der Waals surface area contributed by atoms with Gasteiger partial charge in [-0.3, -0.25) is 19.7 Å². The fraction of sp³-hybridized carbons (Fsp3) is 0.407. The van der Waals surface area contributed by atoms with Gasteiger partial charge in [-0.05, 0) is 56.9 Å². The lowest BCUT2D eigenvalue weighted by atomic mass is 10.1. The van der Waals surface area contributed by atoms with Gasteiger partial charge >= 0.3 is 6.09 Å². The third-order valence-corrected chi connectivity index (χ3v) is 6.00. The molecule has 1 unspecified atom stereocenters. The maximum absolute atomic E-state index is 13.1. The molecule has 2 aromatic rings. The molecule has 2 aromatic carbocycles. The lowest BCUT2D eigenvalue weighted by molar-refractivity contribution is -0.132. The lowest BCUT2D eigenvalue weighted by Crippen LogP contribution is -2.46. The van der Waals surface area contributed by atoms with Crippen molar-refractivity contribution in [3.05, 3.63) is 64.7 Å². The molecule has 190 valence electrons. The van der Waals surface area contributed by atoms with E-state index in [1.54, 1.807) is 18.2 Å². The van der Waals surface area contributed by atoms with E-state index in [4.69, 9.17) is 9.47 Å². The van der Waals surface area contributed by atoms with Crippen LogP contribution in [0, 0.1) is 0 Å². The molecule has 0 spiro atoms. The number of imide groups is 1. The Kier molecular flexibility index (Phi) is 7.28. The van der Waals surface area contributed by atoms with Crippen LogP contribution in [0.1, 0.15) is 67.1 Å². The Morgan fingerprint density at radius 2 is 1.86 bits per heavy atom. The van der Waals surface area contributed by atoms with Crippen LogP contribution in [0.4, 0.5) is 4.79 Å². The number of rotatable bonds is 6. The van der Waals surface area contributed by atoms with Gasteiger partial charge in [0.2, 0.25) is 11.8 Å². The van der Waals surface area contributed by atoms with Gasteiger partial charge in [0.25, 0.3) is 5.91 Å². The Balaban J connectivity index is 1.41. The number of alkyl carbamates (subject to hydrolysis) is 1. The van der Waals surface area contributed by atoms with Gasteiger partial charge in [-0.2, -0.15) is 0 Å². The highest BCUT2D eigenvalue weighted by Crippen LogP contribution is 2.34. The fourth-order valence-electron chi connectivity index (χ4n) is 4.36. The van der Waals surface area contributed by atoms with Crippen molar-refractivity contribution >= 4 is 23.8 Å². The molecule has 2 aliphatic heterocycles. The van der Waals surface area contributed by atoms with Crippen LogP contribution in [0.25, 0.3) is 0 Å². The smallest absolute Gasteiger partial charge is 0.407 e. The Bertz CT molecular complexity index is 1190. The van der Waals surface area contributed by atoms with Crippen LogP contribution in [-0.4, -0.2) is 40.4 Å². The van der Waals surface area contributed by atoms with E-state index in [1.165, 1.54) is 4.90 Å². The van der Waals surface area contributed by atoms with Crippen LogP contribution in [0.15, 0.2) is 42.5 Å². The van der Waals surface area contributed by atoms with E-state index in [9.17, 15) is 19.2 Å². The van der Waals surface area contributed by atoms with Gasteiger partial charge in [-0.1, -0.05) is 30.3 Å². The van der Waals surface area contributed by atoms with Crippen molar-refractivity contribution in [2.24, 2.45) is 0 Å². The molecule has 0 radical (unpaired) electrons. The average Bonchev–Trinajstić information content (AvgIpc) is 3.04. The molecule has 1 atom stereocenters. The maximum atomic E-state index is 13.1. The molecule has 4 amide bonds. The van der Waals surface area contributed by atoms with E-state index < -0.39 is 23.6 Å². The van der Waals surface area contributed by atoms with Crippen LogP contribution < -0.4 is 15.4 Å². The fourth-order valence-corrected chi connectivity index (χ4v) is 4.36. The number of hydrogen-bond donors (Lipinski definition) is 2. The Morgan fingerprint density at radius 3 is 2.64 bits per heavy atom. The number of carbonyl (C=O) groups is 4. The van der Waals surface area contributed by atoms with E-state index in [2.05, 4.69) is 10.6 Å². The highest BCUT2D eigenvalue weighted by atomic mass is 16.6.